The number of anilines is 2. The van der Waals surface area contributed by atoms with Crippen molar-refractivity contribution in [1.82, 2.24) is 4.90 Å². The molecule has 0 spiro atoms. The van der Waals surface area contributed by atoms with Gasteiger partial charge in [-0.25, -0.2) is 18.8 Å². The number of hydrogen-bond acceptors (Lipinski definition) is 6. The van der Waals surface area contributed by atoms with Gasteiger partial charge in [0.2, 0.25) is 0 Å². The average molecular weight is 409 g/mol. The molecule has 2 aliphatic rings. The fourth-order valence-corrected chi connectivity index (χ4v) is 3.11. The zero-order chi connectivity index (χ0) is 21.5. The zero-order valence-electron chi connectivity index (χ0n) is 17.0. The number of likely N-dealkylation sites (N-methyl/N-ethyl adjacent to an activating group) is 1. The van der Waals surface area contributed by atoms with Crippen molar-refractivity contribution < 1.29 is 33.0 Å². The maximum atomic E-state index is 14.8. The van der Waals surface area contributed by atoms with Crippen LogP contribution < -0.4 is 9.80 Å². The molecule has 1 aromatic carbocycles. The molecule has 0 N–H and O–H groups in total. The van der Waals surface area contributed by atoms with Crippen LogP contribution in [-0.2, 0) is 20.6 Å². The first-order valence-corrected chi connectivity index (χ1v) is 9.15. The number of rotatable bonds is 2. The first-order valence-electron chi connectivity index (χ1n) is 9.15. The summed E-state index contributed by atoms with van der Waals surface area (Å²) in [5.74, 6) is -0.657. The Bertz CT molecular complexity index is 853. The van der Waals surface area contributed by atoms with E-state index in [4.69, 9.17) is 14.2 Å². The van der Waals surface area contributed by atoms with Gasteiger partial charge in [-0.1, -0.05) is 0 Å². The number of halogens is 1. The van der Waals surface area contributed by atoms with Crippen molar-refractivity contribution in [2.24, 2.45) is 0 Å². The molecule has 1 fully saturated rings. The lowest BCUT2D eigenvalue weighted by Gasteiger charge is -2.27. The standard InChI is InChI=1S/C19H24FN3O6/c1-19(2,3)29-17(25)21(4)14-10-23(18(26)28-14)12-8-11-6-7-27-16(24)22(5)15(11)13(20)9-12/h8-9,14H,6-7,10H2,1-5H3/t14-/m0/s1. The highest BCUT2D eigenvalue weighted by atomic mass is 19.1. The second kappa shape index (κ2) is 7.41. The van der Waals surface area contributed by atoms with Gasteiger partial charge in [-0.3, -0.25) is 14.7 Å². The van der Waals surface area contributed by atoms with Crippen molar-refractivity contribution in [2.75, 3.05) is 37.0 Å². The SMILES string of the molecule is CN1C(=O)OCCc2cc(N3C[C@@H](N(C)C(=O)OC(C)(C)C)OC3=O)cc(F)c21. The van der Waals surface area contributed by atoms with Gasteiger partial charge in [0.15, 0.2) is 6.23 Å². The number of carbonyl (C=O) groups is 3. The van der Waals surface area contributed by atoms with Gasteiger partial charge in [0, 0.05) is 20.5 Å². The summed E-state index contributed by atoms with van der Waals surface area (Å²) in [7, 11) is 2.89. The van der Waals surface area contributed by atoms with Gasteiger partial charge >= 0.3 is 18.3 Å². The second-order valence-corrected chi connectivity index (χ2v) is 7.90. The lowest BCUT2D eigenvalue weighted by Crippen LogP contribution is -2.42. The molecule has 10 heteroatoms. The van der Waals surface area contributed by atoms with Crippen molar-refractivity contribution >= 4 is 29.7 Å². The third-order valence-electron chi connectivity index (χ3n) is 4.55. The number of nitrogens with zero attached hydrogens (tertiary/aromatic N) is 3. The first kappa shape index (κ1) is 20.7. The molecule has 0 unspecified atom stereocenters. The Morgan fingerprint density at radius 1 is 1.28 bits per heavy atom. The van der Waals surface area contributed by atoms with E-state index in [0.717, 1.165) is 11.0 Å². The summed E-state index contributed by atoms with van der Waals surface area (Å²) in [6, 6.07) is 2.78. The minimum Gasteiger partial charge on any atom is -0.449 e. The molecule has 158 valence electrons. The van der Waals surface area contributed by atoms with Crippen LogP contribution in [0.1, 0.15) is 26.3 Å². The Morgan fingerprint density at radius 3 is 2.62 bits per heavy atom. The molecular weight excluding hydrogens is 385 g/mol. The second-order valence-electron chi connectivity index (χ2n) is 7.90. The highest BCUT2D eigenvalue weighted by Crippen LogP contribution is 2.33. The quantitative estimate of drug-likeness (QED) is 0.698. The molecule has 0 aliphatic carbocycles. The molecule has 3 rings (SSSR count). The Hall–Kier alpha value is -3.04. The number of hydrogen-bond donors (Lipinski definition) is 0. The van der Waals surface area contributed by atoms with Crippen LogP contribution in [0.25, 0.3) is 0 Å². The molecule has 1 atom stereocenters. The van der Waals surface area contributed by atoms with Gasteiger partial charge in [0.25, 0.3) is 0 Å². The Morgan fingerprint density at radius 2 is 1.97 bits per heavy atom. The Kier molecular flexibility index (Phi) is 5.29. The van der Waals surface area contributed by atoms with E-state index in [2.05, 4.69) is 0 Å². The smallest absolute Gasteiger partial charge is 0.416 e. The minimum absolute atomic E-state index is 0.0120. The molecule has 2 heterocycles. The van der Waals surface area contributed by atoms with Crippen LogP contribution in [0, 0.1) is 5.82 Å². The van der Waals surface area contributed by atoms with E-state index in [1.54, 1.807) is 26.8 Å². The molecule has 1 aromatic rings. The third-order valence-corrected chi connectivity index (χ3v) is 4.55. The minimum atomic E-state index is -0.883. The molecule has 3 amide bonds. The average Bonchev–Trinajstić information content (AvgIpc) is 2.93. The van der Waals surface area contributed by atoms with E-state index in [9.17, 15) is 18.8 Å². The number of carbonyl (C=O) groups excluding carboxylic acids is 3. The van der Waals surface area contributed by atoms with E-state index in [1.165, 1.54) is 23.9 Å². The van der Waals surface area contributed by atoms with Gasteiger partial charge < -0.3 is 14.2 Å². The van der Waals surface area contributed by atoms with E-state index in [-0.39, 0.29) is 24.5 Å². The van der Waals surface area contributed by atoms with Crippen LogP contribution in [0.5, 0.6) is 0 Å². The summed E-state index contributed by atoms with van der Waals surface area (Å²) in [5.41, 5.74) is 0.227. The van der Waals surface area contributed by atoms with Crippen molar-refractivity contribution in [3.05, 3.63) is 23.5 Å². The molecule has 1 saturated heterocycles. The summed E-state index contributed by atoms with van der Waals surface area (Å²) in [6.07, 6.45) is -2.57. The van der Waals surface area contributed by atoms with E-state index < -0.39 is 35.9 Å². The predicted octanol–water partition coefficient (Wildman–Crippen LogP) is 3.10. The maximum Gasteiger partial charge on any atom is 0.416 e. The molecule has 9 nitrogen and oxygen atoms in total. The highest BCUT2D eigenvalue weighted by molar-refractivity contribution is 5.93. The van der Waals surface area contributed by atoms with Gasteiger partial charge in [-0.05, 0) is 38.5 Å². The van der Waals surface area contributed by atoms with E-state index in [0.29, 0.717) is 12.0 Å². The van der Waals surface area contributed by atoms with Crippen molar-refractivity contribution in [3.8, 4) is 0 Å². The van der Waals surface area contributed by atoms with Gasteiger partial charge in [0.1, 0.15) is 11.4 Å². The summed E-state index contributed by atoms with van der Waals surface area (Å²) in [4.78, 5) is 39.9. The van der Waals surface area contributed by atoms with E-state index in [1.807, 2.05) is 0 Å². The normalized spacial score (nSPS) is 19.3. The lowest BCUT2D eigenvalue weighted by molar-refractivity contribution is -0.00992. The lowest BCUT2D eigenvalue weighted by atomic mass is 10.1. The van der Waals surface area contributed by atoms with Crippen LogP contribution in [0.2, 0.25) is 0 Å². The summed E-state index contributed by atoms with van der Waals surface area (Å²) in [6.45, 7) is 5.31. The van der Waals surface area contributed by atoms with Crippen molar-refractivity contribution in [1.29, 1.82) is 0 Å². The monoisotopic (exact) mass is 409 g/mol. The van der Waals surface area contributed by atoms with Crippen molar-refractivity contribution in [2.45, 2.75) is 39.0 Å². The maximum absolute atomic E-state index is 14.8. The fraction of sp³-hybridized carbons (Fsp3) is 0.526. The first-order chi connectivity index (χ1) is 13.5. The molecule has 2 aliphatic heterocycles. The molecule has 29 heavy (non-hydrogen) atoms. The third kappa shape index (κ3) is 4.20. The molecule has 0 radical (unpaired) electrons. The topological polar surface area (TPSA) is 88.6 Å². The number of benzene rings is 1. The molecular formula is C19H24FN3O6. The summed E-state index contributed by atoms with van der Waals surface area (Å²) in [5, 5.41) is 0. The van der Waals surface area contributed by atoms with Gasteiger partial charge in [-0.15, -0.1) is 0 Å². The number of amides is 3. The Labute approximate surface area is 167 Å². The fourth-order valence-electron chi connectivity index (χ4n) is 3.11. The summed E-state index contributed by atoms with van der Waals surface area (Å²) < 4.78 is 30.3. The van der Waals surface area contributed by atoms with Crippen LogP contribution >= 0.6 is 0 Å². The Balaban J connectivity index is 1.82. The van der Waals surface area contributed by atoms with Gasteiger partial charge in [0.05, 0.1) is 24.5 Å². The molecule has 0 saturated carbocycles. The van der Waals surface area contributed by atoms with Crippen molar-refractivity contribution in [3.63, 3.8) is 0 Å². The van der Waals surface area contributed by atoms with Crippen LogP contribution in [-0.4, -0.2) is 62.3 Å². The zero-order valence-corrected chi connectivity index (χ0v) is 17.0. The number of cyclic esters (lactones) is 2. The predicted molar refractivity (Wildman–Crippen MR) is 101 cm³/mol. The van der Waals surface area contributed by atoms with Gasteiger partial charge in [-0.2, -0.15) is 0 Å². The number of ether oxygens (including phenoxy) is 3. The number of fused-ring (bicyclic) bond motifs is 1. The molecule has 0 bridgehead atoms. The highest BCUT2D eigenvalue weighted by Gasteiger charge is 2.39. The summed E-state index contributed by atoms with van der Waals surface area (Å²) >= 11 is 0. The molecule has 0 aromatic heterocycles. The van der Waals surface area contributed by atoms with E-state index >= 15 is 0 Å². The largest absolute Gasteiger partial charge is 0.449 e. The van der Waals surface area contributed by atoms with Crippen LogP contribution in [0.4, 0.5) is 30.1 Å². The van der Waals surface area contributed by atoms with Crippen LogP contribution in [0.15, 0.2) is 12.1 Å². The van der Waals surface area contributed by atoms with Crippen LogP contribution in [0.3, 0.4) is 0 Å².